The van der Waals surface area contributed by atoms with Crippen LogP contribution in [0.3, 0.4) is 0 Å². The summed E-state index contributed by atoms with van der Waals surface area (Å²) in [7, 11) is 0. The number of carbonyl (C=O) groups is 3. The maximum absolute atomic E-state index is 14.5. The minimum atomic E-state index is -0.669. The Hall–Kier alpha value is -2.68. The number of alkyl carbamates (subject to hydrolysis) is 1. The maximum atomic E-state index is 14.5. The summed E-state index contributed by atoms with van der Waals surface area (Å²) in [6.45, 7) is 26.9. The average molecular weight is 547 g/mol. The lowest BCUT2D eigenvalue weighted by Crippen LogP contribution is -2.69. The molecule has 0 saturated heterocycles. The van der Waals surface area contributed by atoms with Gasteiger partial charge >= 0.3 is 6.09 Å². The van der Waals surface area contributed by atoms with Crippen molar-refractivity contribution >= 4 is 17.7 Å². The number of amides is 1. The first kappa shape index (κ1) is 28.8. The highest BCUT2D eigenvalue weighted by atomic mass is 16.5. The number of nitrogens with one attached hydrogen (secondary N) is 1. The van der Waals surface area contributed by atoms with Gasteiger partial charge in [-0.2, -0.15) is 0 Å². The van der Waals surface area contributed by atoms with Crippen LogP contribution in [0.25, 0.3) is 4.85 Å². The molecule has 0 spiro atoms. The summed E-state index contributed by atoms with van der Waals surface area (Å²) in [4.78, 5) is 44.3. The third kappa shape index (κ3) is 3.75. The van der Waals surface area contributed by atoms with Gasteiger partial charge in [-0.1, -0.05) is 72.8 Å². The van der Waals surface area contributed by atoms with Crippen molar-refractivity contribution in [3.63, 3.8) is 0 Å². The van der Waals surface area contributed by atoms with E-state index in [1.807, 2.05) is 26.0 Å². The van der Waals surface area contributed by atoms with Crippen LogP contribution >= 0.6 is 0 Å². The SMILES string of the molecule is [C-]#[N+]C1=C[C@]2(C)C3=CC(=O)[C@@H]4[C@@H]5CC(C)(C)CC[C@]5(NC(=O)OCC=C)CC[C@@]4(C)[C@]3(C)CC[C@H]2C(C)(C)C1=O. The van der Waals surface area contributed by atoms with E-state index < -0.39 is 22.5 Å². The lowest BCUT2D eigenvalue weighted by atomic mass is 9.35. The van der Waals surface area contributed by atoms with Gasteiger partial charge in [0.1, 0.15) is 6.61 Å². The van der Waals surface area contributed by atoms with Crippen molar-refractivity contribution in [2.75, 3.05) is 6.61 Å². The number of nitrogens with zero attached hydrogens (tertiary/aromatic N) is 1. The topological polar surface area (TPSA) is 76.8 Å². The summed E-state index contributed by atoms with van der Waals surface area (Å²) in [6.07, 6.45) is 11.0. The number of Topliss-reactive ketones (excluding diaryl/α,β-unsaturated/α-hetero) is 1. The number of ketones is 2. The third-order valence-electron chi connectivity index (χ3n) is 12.5. The molecule has 0 bridgehead atoms. The lowest BCUT2D eigenvalue weighted by molar-refractivity contribution is -0.160. The molecule has 1 amide bonds. The van der Waals surface area contributed by atoms with Crippen LogP contribution in [0, 0.1) is 51.4 Å². The van der Waals surface area contributed by atoms with Crippen LogP contribution < -0.4 is 5.32 Å². The van der Waals surface area contributed by atoms with E-state index in [0.717, 1.165) is 50.5 Å². The van der Waals surface area contributed by atoms with E-state index >= 15 is 0 Å². The molecule has 5 aliphatic carbocycles. The molecular weight excluding hydrogens is 500 g/mol. The molecule has 0 aromatic carbocycles. The normalized spacial score (nSPS) is 42.9. The molecule has 0 heterocycles. The van der Waals surface area contributed by atoms with Gasteiger partial charge in [-0.3, -0.25) is 4.79 Å². The fourth-order valence-electron chi connectivity index (χ4n) is 10.2. The monoisotopic (exact) mass is 546 g/mol. The Bertz CT molecular complexity index is 1280. The Morgan fingerprint density at radius 1 is 1.10 bits per heavy atom. The van der Waals surface area contributed by atoms with Crippen LogP contribution in [-0.4, -0.2) is 29.8 Å². The maximum Gasteiger partial charge on any atom is 0.407 e. The Labute approximate surface area is 239 Å². The van der Waals surface area contributed by atoms with Gasteiger partial charge in [0.25, 0.3) is 0 Å². The van der Waals surface area contributed by atoms with Crippen LogP contribution in [0.2, 0.25) is 0 Å². The smallest absolute Gasteiger partial charge is 0.407 e. The van der Waals surface area contributed by atoms with Gasteiger partial charge in [0, 0.05) is 22.3 Å². The van der Waals surface area contributed by atoms with Gasteiger partial charge in [-0.15, -0.1) is 0 Å². The zero-order chi connectivity index (χ0) is 29.5. The van der Waals surface area contributed by atoms with E-state index in [1.165, 1.54) is 0 Å². The molecule has 216 valence electrons. The molecule has 3 fully saturated rings. The molecule has 5 rings (SSSR count). The molecule has 0 aromatic rings. The van der Waals surface area contributed by atoms with Crippen LogP contribution in [0.5, 0.6) is 0 Å². The molecule has 0 radical (unpaired) electrons. The zero-order valence-electron chi connectivity index (χ0n) is 25.4. The number of carbonyl (C=O) groups excluding carboxylic acids is 3. The van der Waals surface area contributed by atoms with Gasteiger partial charge < -0.3 is 14.8 Å². The lowest BCUT2D eigenvalue weighted by Gasteiger charge is -2.69. The van der Waals surface area contributed by atoms with Crippen molar-refractivity contribution < 1.29 is 19.1 Å². The van der Waals surface area contributed by atoms with Gasteiger partial charge in [-0.25, -0.2) is 9.64 Å². The van der Waals surface area contributed by atoms with Crippen molar-refractivity contribution in [3.8, 4) is 0 Å². The largest absolute Gasteiger partial charge is 0.445 e. The molecule has 1 N–H and O–H groups in total. The van der Waals surface area contributed by atoms with E-state index in [9.17, 15) is 14.4 Å². The van der Waals surface area contributed by atoms with Crippen molar-refractivity contribution in [1.29, 1.82) is 0 Å². The third-order valence-corrected chi connectivity index (χ3v) is 12.5. The minimum Gasteiger partial charge on any atom is -0.445 e. The minimum absolute atomic E-state index is 0.00217. The van der Waals surface area contributed by atoms with E-state index in [1.54, 1.807) is 6.08 Å². The summed E-state index contributed by atoms with van der Waals surface area (Å²) in [5.74, 6) is -0.142. The Balaban J connectivity index is 1.64. The van der Waals surface area contributed by atoms with Crippen molar-refractivity contribution in [2.45, 2.75) is 99.0 Å². The standard InChI is InChI=1S/C34H46N2O4/c1-10-17-40-28(39)36-34-15-13-29(2,3)19-21(34)26-23(37)18-25-31(6)20-22(35-9)27(38)30(4,5)24(31)11-12-32(25,7)33(26,8)14-16-34/h10,18,20-21,24,26H,1,11-17,19H2,2-8H3,(H,36,39)/t21-,24-,26-,31-,32+,33+,34-/m0/s1. The number of hydrogen-bond donors (Lipinski definition) is 1. The summed E-state index contributed by atoms with van der Waals surface area (Å²) in [5, 5.41) is 3.28. The fourth-order valence-corrected chi connectivity index (χ4v) is 10.2. The molecule has 0 aliphatic heterocycles. The molecule has 6 nitrogen and oxygen atoms in total. The number of allylic oxidation sites excluding steroid dienone is 4. The first-order valence-corrected chi connectivity index (χ1v) is 15.0. The van der Waals surface area contributed by atoms with Crippen LogP contribution in [0.15, 0.2) is 36.1 Å². The number of ether oxygens (including phenoxy) is 1. The first-order valence-electron chi connectivity index (χ1n) is 15.0. The Morgan fingerprint density at radius 2 is 1.77 bits per heavy atom. The highest BCUT2D eigenvalue weighted by Gasteiger charge is 2.70. The Morgan fingerprint density at radius 3 is 2.42 bits per heavy atom. The highest BCUT2D eigenvalue weighted by Crippen LogP contribution is 2.73. The van der Waals surface area contributed by atoms with Crippen molar-refractivity contribution in [2.24, 2.45) is 44.8 Å². The second kappa shape index (κ2) is 8.91. The van der Waals surface area contributed by atoms with E-state index in [2.05, 4.69) is 51.4 Å². The van der Waals surface area contributed by atoms with Gasteiger partial charge in [0.05, 0.1) is 6.57 Å². The fraction of sp³-hybridized carbons (Fsp3) is 0.706. The van der Waals surface area contributed by atoms with Crippen molar-refractivity contribution in [1.82, 2.24) is 5.32 Å². The zero-order valence-corrected chi connectivity index (χ0v) is 25.4. The number of hydrogen-bond acceptors (Lipinski definition) is 4. The highest BCUT2D eigenvalue weighted by molar-refractivity contribution is 6.03. The molecular formula is C34H46N2O4. The number of fused-ring (bicyclic) bond motifs is 7. The van der Waals surface area contributed by atoms with Gasteiger partial charge in [0.2, 0.25) is 5.70 Å². The second-order valence-corrected chi connectivity index (χ2v) is 15.4. The van der Waals surface area contributed by atoms with Crippen LogP contribution in [0.4, 0.5) is 4.79 Å². The number of rotatable bonds is 3. The average Bonchev–Trinajstić information content (AvgIpc) is 2.87. The summed E-state index contributed by atoms with van der Waals surface area (Å²) >= 11 is 0. The molecule has 0 aromatic heterocycles. The summed E-state index contributed by atoms with van der Waals surface area (Å²) < 4.78 is 5.38. The molecule has 6 heteroatoms. The molecule has 3 saturated carbocycles. The predicted octanol–water partition coefficient (Wildman–Crippen LogP) is 7.22. The molecule has 0 unspecified atom stereocenters. The van der Waals surface area contributed by atoms with Gasteiger partial charge in [-0.05, 0) is 79.1 Å². The van der Waals surface area contributed by atoms with E-state index in [-0.39, 0.29) is 57.9 Å². The molecule has 7 atom stereocenters. The Kier molecular flexibility index (Phi) is 6.42. The summed E-state index contributed by atoms with van der Waals surface area (Å²) in [5.41, 5.74) is -0.905. The van der Waals surface area contributed by atoms with Crippen LogP contribution in [-0.2, 0) is 14.3 Å². The van der Waals surface area contributed by atoms with Crippen molar-refractivity contribution in [3.05, 3.63) is 47.5 Å². The quantitative estimate of drug-likeness (QED) is 0.299. The predicted molar refractivity (Wildman–Crippen MR) is 155 cm³/mol. The van der Waals surface area contributed by atoms with E-state index in [0.29, 0.717) is 0 Å². The summed E-state index contributed by atoms with van der Waals surface area (Å²) in [6, 6.07) is 0. The van der Waals surface area contributed by atoms with Crippen LogP contribution in [0.1, 0.15) is 93.4 Å². The second-order valence-electron chi connectivity index (χ2n) is 15.4. The molecule has 40 heavy (non-hydrogen) atoms. The van der Waals surface area contributed by atoms with E-state index in [4.69, 9.17) is 11.3 Å². The first-order chi connectivity index (χ1) is 18.5. The van der Waals surface area contributed by atoms with Gasteiger partial charge in [0.15, 0.2) is 11.6 Å². The molecule has 5 aliphatic rings.